The van der Waals surface area contributed by atoms with Crippen LogP contribution < -0.4 is 5.32 Å². The van der Waals surface area contributed by atoms with Crippen LogP contribution in [0.3, 0.4) is 0 Å². The third-order valence-corrected chi connectivity index (χ3v) is 5.23. The second-order valence-corrected chi connectivity index (χ2v) is 7.16. The molecule has 1 N–H and O–H groups in total. The van der Waals surface area contributed by atoms with Gasteiger partial charge in [-0.15, -0.1) is 0 Å². The van der Waals surface area contributed by atoms with E-state index in [1.165, 1.54) is 6.20 Å². The Morgan fingerprint density at radius 2 is 1.71 bits per heavy atom. The first-order valence-corrected chi connectivity index (χ1v) is 9.57. The van der Waals surface area contributed by atoms with Gasteiger partial charge in [-0.25, -0.2) is 19.6 Å². The monoisotopic (exact) mass is 370 g/mol. The smallest absolute Gasteiger partial charge is 0.268 e. The minimum absolute atomic E-state index is 0.142. The summed E-state index contributed by atoms with van der Waals surface area (Å²) < 4.78 is 14.5. The Balaban J connectivity index is 1.57. The largest absolute Gasteiger partial charge is 0.352 e. The molecule has 4 nitrogen and oxygen atoms in total. The molecular weight excluding hydrogens is 350 g/mol. The van der Waals surface area contributed by atoms with Gasteiger partial charge in [-0.2, -0.15) is 0 Å². The number of nitrogens with one attached hydrogen (secondary N) is 1. The lowest BCUT2D eigenvalue weighted by molar-refractivity contribution is 0.611. The number of nitriles is 1. The highest BCUT2D eigenvalue weighted by Crippen LogP contribution is 2.28. The summed E-state index contributed by atoms with van der Waals surface area (Å²) in [4.78, 5) is 8.56. The van der Waals surface area contributed by atoms with Gasteiger partial charge in [0.05, 0.1) is 6.20 Å². The van der Waals surface area contributed by atoms with E-state index >= 15 is 0 Å². The third-order valence-electron chi connectivity index (χ3n) is 5.23. The van der Waals surface area contributed by atoms with E-state index in [9.17, 15) is 4.39 Å². The van der Waals surface area contributed by atoms with Crippen LogP contribution in [-0.4, -0.2) is 22.7 Å². The topological polar surface area (TPSA) is 61.6 Å². The van der Waals surface area contributed by atoms with E-state index in [2.05, 4.69) is 21.3 Å². The van der Waals surface area contributed by atoms with E-state index in [-0.39, 0.29) is 12.8 Å². The standard InChI is InChI=1S/C22H20BFN4/c24-20-14-26-22(27-19-9-11-23(15-25)12-10-19)28-21(20)18-8-4-7-17(13-18)16-5-2-1-3-6-16/h1-8,13-14,19H,9-12H2,(H,26,27,28). The number of aromatic nitrogens is 2. The molecule has 0 radical (unpaired) electrons. The van der Waals surface area contributed by atoms with Gasteiger partial charge in [-0.05, 0) is 30.0 Å². The van der Waals surface area contributed by atoms with E-state index in [0.29, 0.717) is 11.6 Å². The maximum atomic E-state index is 14.5. The van der Waals surface area contributed by atoms with Gasteiger partial charge in [0.1, 0.15) is 5.69 Å². The lowest BCUT2D eigenvalue weighted by Crippen LogP contribution is -2.29. The van der Waals surface area contributed by atoms with E-state index in [0.717, 1.165) is 42.2 Å². The van der Waals surface area contributed by atoms with Crippen molar-refractivity contribution in [2.24, 2.45) is 0 Å². The number of benzene rings is 2. The fourth-order valence-corrected chi connectivity index (χ4v) is 3.67. The Morgan fingerprint density at radius 3 is 2.46 bits per heavy atom. The summed E-state index contributed by atoms with van der Waals surface area (Å²) in [5.41, 5.74) is 3.10. The lowest BCUT2D eigenvalue weighted by atomic mass is 9.42. The van der Waals surface area contributed by atoms with Crippen molar-refractivity contribution >= 4 is 12.7 Å². The maximum Gasteiger partial charge on any atom is 0.268 e. The van der Waals surface area contributed by atoms with Crippen LogP contribution in [0.1, 0.15) is 12.8 Å². The van der Waals surface area contributed by atoms with Crippen LogP contribution in [0.2, 0.25) is 12.6 Å². The molecule has 0 atom stereocenters. The second-order valence-electron chi connectivity index (χ2n) is 7.16. The Hall–Kier alpha value is -3.20. The van der Waals surface area contributed by atoms with Crippen molar-refractivity contribution in [3.63, 3.8) is 0 Å². The minimum Gasteiger partial charge on any atom is -0.352 e. The van der Waals surface area contributed by atoms with Crippen LogP contribution in [0.15, 0.2) is 60.8 Å². The van der Waals surface area contributed by atoms with Crippen molar-refractivity contribution in [3.8, 4) is 28.4 Å². The van der Waals surface area contributed by atoms with E-state index in [1.807, 2.05) is 54.6 Å². The molecule has 2 aromatic carbocycles. The van der Waals surface area contributed by atoms with Gasteiger partial charge in [0.25, 0.3) is 6.71 Å². The van der Waals surface area contributed by atoms with Gasteiger partial charge >= 0.3 is 0 Å². The molecule has 0 spiro atoms. The van der Waals surface area contributed by atoms with Crippen molar-refractivity contribution < 1.29 is 4.39 Å². The molecule has 28 heavy (non-hydrogen) atoms. The van der Waals surface area contributed by atoms with Crippen LogP contribution in [0.25, 0.3) is 22.4 Å². The molecule has 0 unspecified atom stereocenters. The number of hydrogen-bond donors (Lipinski definition) is 1. The molecule has 0 bridgehead atoms. The fourth-order valence-electron chi connectivity index (χ4n) is 3.67. The minimum atomic E-state index is -0.441. The van der Waals surface area contributed by atoms with Crippen LogP contribution in [-0.2, 0) is 0 Å². The van der Waals surface area contributed by atoms with E-state index < -0.39 is 5.82 Å². The van der Waals surface area contributed by atoms with Crippen molar-refractivity contribution in [2.75, 3.05) is 5.32 Å². The number of anilines is 1. The number of rotatable bonds is 4. The molecule has 0 saturated carbocycles. The predicted octanol–water partition coefficient (Wildman–Crippen LogP) is 5.08. The Labute approximate surface area is 164 Å². The Morgan fingerprint density at radius 1 is 1.00 bits per heavy atom. The SMILES string of the molecule is N#CB1CCC(Nc2ncc(F)c(-c3cccc(-c4ccccc4)c3)n2)CC1. The molecule has 138 valence electrons. The normalized spacial score (nSPS) is 14.5. The van der Waals surface area contributed by atoms with Crippen LogP contribution in [0.4, 0.5) is 10.3 Å². The first-order chi connectivity index (χ1) is 13.7. The summed E-state index contributed by atoms with van der Waals surface area (Å²) >= 11 is 0. The third kappa shape index (κ3) is 4.04. The second kappa shape index (κ2) is 8.22. The highest BCUT2D eigenvalue weighted by atomic mass is 19.1. The molecule has 0 amide bonds. The van der Waals surface area contributed by atoms with Crippen LogP contribution in [0.5, 0.6) is 0 Å². The molecular formula is C22H20BFN4. The zero-order valence-corrected chi connectivity index (χ0v) is 15.5. The van der Waals surface area contributed by atoms with Crippen molar-refractivity contribution in [1.82, 2.24) is 9.97 Å². The molecule has 0 aliphatic carbocycles. The molecule has 1 saturated heterocycles. The molecule has 1 aromatic heterocycles. The van der Waals surface area contributed by atoms with Gasteiger partial charge in [0, 0.05) is 17.6 Å². The molecule has 1 fully saturated rings. The van der Waals surface area contributed by atoms with Crippen LogP contribution in [0, 0.1) is 17.0 Å². The molecule has 3 aromatic rings. The van der Waals surface area contributed by atoms with Gasteiger partial charge in [-0.1, -0.05) is 61.2 Å². The van der Waals surface area contributed by atoms with Gasteiger partial charge in [-0.3, -0.25) is 0 Å². The molecule has 6 heteroatoms. The van der Waals surface area contributed by atoms with Gasteiger partial charge < -0.3 is 5.32 Å². The first-order valence-electron chi connectivity index (χ1n) is 9.57. The van der Waals surface area contributed by atoms with Crippen molar-refractivity contribution in [2.45, 2.75) is 31.5 Å². The molecule has 1 aliphatic rings. The highest BCUT2D eigenvalue weighted by Gasteiger charge is 2.24. The summed E-state index contributed by atoms with van der Waals surface area (Å²) in [7, 11) is 0. The fraction of sp³-hybridized carbons (Fsp3) is 0.227. The summed E-state index contributed by atoms with van der Waals surface area (Å²) in [6.45, 7) is 0.142. The van der Waals surface area contributed by atoms with E-state index in [4.69, 9.17) is 5.26 Å². The average molecular weight is 370 g/mol. The molecule has 4 rings (SSSR count). The van der Waals surface area contributed by atoms with Crippen LogP contribution >= 0.6 is 0 Å². The van der Waals surface area contributed by atoms with Crippen molar-refractivity contribution in [1.29, 1.82) is 5.26 Å². The summed E-state index contributed by atoms with van der Waals surface area (Å²) in [6, 6.07) is 17.9. The number of nitrogens with zero attached hydrogens (tertiary/aromatic N) is 3. The first kappa shape index (κ1) is 18.2. The van der Waals surface area contributed by atoms with Crippen molar-refractivity contribution in [3.05, 3.63) is 66.6 Å². The summed E-state index contributed by atoms with van der Waals surface area (Å²) in [5.74, 6) is 2.33. The Bertz CT molecular complexity index is 995. The number of hydrogen-bond acceptors (Lipinski definition) is 4. The molecule has 1 aliphatic heterocycles. The number of halogens is 1. The zero-order chi connectivity index (χ0) is 19.3. The van der Waals surface area contributed by atoms with Gasteiger partial charge in [0.2, 0.25) is 5.95 Å². The average Bonchev–Trinajstić information content (AvgIpc) is 2.76. The zero-order valence-electron chi connectivity index (χ0n) is 15.5. The summed E-state index contributed by atoms with van der Waals surface area (Å²) in [5, 5.41) is 12.3. The predicted molar refractivity (Wildman–Crippen MR) is 110 cm³/mol. The van der Waals surface area contributed by atoms with Gasteiger partial charge in [0.15, 0.2) is 5.82 Å². The van der Waals surface area contributed by atoms with E-state index in [1.54, 1.807) is 0 Å². The maximum absolute atomic E-state index is 14.5. The summed E-state index contributed by atoms with van der Waals surface area (Å²) in [6.07, 6.45) is 4.78. The quantitative estimate of drug-likeness (QED) is 0.651. The lowest BCUT2D eigenvalue weighted by Gasteiger charge is -2.24. The molecule has 2 heterocycles. The Kier molecular flexibility index (Phi) is 5.34. The highest BCUT2D eigenvalue weighted by molar-refractivity contribution is 6.67.